The predicted molar refractivity (Wildman–Crippen MR) is 177 cm³/mol. The van der Waals surface area contributed by atoms with Crippen LogP contribution in [-0.2, 0) is 28.8 Å². The fourth-order valence-electron chi connectivity index (χ4n) is 4.90. The number of carbonyl (C=O) groups is 6. The summed E-state index contributed by atoms with van der Waals surface area (Å²) in [6.45, 7) is 18.5. The maximum absolute atomic E-state index is 10.8. The number of primary amides is 3. The van der Waals surface area contributed by atoms with Crippen molar-refractivity contribution in [3.05, 3.63) is 0 Å². The summed E-state index contributed by atoms with van der Waals surface area (Å²) < 4.78 is 0. The number of rotatable bonds is 20. The van der Waals surface area contributed by atoms with E-state index >= 15 is 0 Å². The number of amides is 3. The van der Waals surface area contributed by atoms with Crippen molar-refractivity contribution >= 4 is 35.6 Å². The number of hydrogen-bond donors (Lipinski definition) is 6. The van der Waals surface area contributed by atoms with E-state index in [9.17, 15) is 28.8 Å². The Morgan fingerprint density at radius 2 is 0.711 bits per heavy atom. The first-order valence-electron chi connectivity index (χ1n) is 16.4. The van der Waals surface area contributed by atoms with Crippen LogP contribution in [0.2, 0.25) is 0 Å². The SMILES string of the molecule is CCCC(CC)C(C)C(N)=O.CCCC(CC)C(C)C(N)=O.CCCC(CC)C(C)C(N)=O.O=C(O)CC(CC(=O)O)C(=O)O. The fraction of sp³-hybridized carbons (Fsp3) is 0.818. The maximum Gasteiger partial charge on any atom is 0.307 e. The fourth-order valence-corrected chi connectivity index (χ4v) is 4.90. The normalized spacial score (nSPS) is 14.3. The van der Waals surface area contributed by atoms with Gasteiger partial charge in [0.1, 0.15) is 0 Å². The zero-order chi connectivity index (χ0) is 36.3. The summed E-state index contributed by atoms with van der Waals surface area (Å²) >= 11 is 0. The molecule has 6 atom stereocenters. The van der Waals surface area contributed by atoms with Crippen molar-refractivity contribution in [2.75, 3.05) is 0 Å². The van der Waals surface area contributed by atoms with Crippen molar-refractivity contribution in [1.29, 1.82) is 0 Å². The Balaban J connectivity index is -0.000000249. The van der Waals surface area contributed by atoms with Crippen LogP contribution in [0.1, 0.15) is 133 Å². The molecule has 0 rings (SSSR count). The molecule has 0 aliphatic heterocycles. The molecule has 12 heteroatoms. The van der Waals surface area contributed by atoms with E-state index in [1.807, 2.05) is 20.8 Å². The summed E-state index contributed by atoms with van der Waals surface area (Å²) in [5.41, 5.74) is 15.6. The number of carboxylic acids is 3. The molecule has 0 aromatic rings. The van der Waals surface area contributed by atoms with Gasteiger partial charge in [-0.1, -0.05) is 101 Å². The molecule has 3 amide bonds. The van der Waals surface area contributed by atoms with E-state index < -0.39 is 36.7 Å². The van der Waals surface area contributed by atoms with Crippen molar-refractivity contribution in [1.82, 2.24) is 0 Å². The molecule has 0 fully saturated rings. The molecule has 0 bridgehead atoms. The highest BCUT2D eigenvalue weighted by molar-refractivity contribution is 5.82. The smallest absolute Gasteiger partial charge is 0.307 e. The Labute approximate surface area is 271 Å². The van der Waals surface area contributed by atoms with E-state index in [4.69, 9.17) is 32.5 Å². The monoisotopic (exact) mass is 647 g/mol. The molecule has 0 aromatic heterocycles. The lowest BCUT2D eigenvalue weighted by molar-refractivity contribution is -0.152. The molecule has 9 N–H and O–H groups in total. The van der Waals surface area contributed by atoms with Gasteiger partial charge in [0, 0.05) is 17.8 Å². The minimum atomic E-state index is -1.40. The molecule has 0 saturated carbocycles. The number of carboxylic acid groups (broad SMARTS) is 3. The summed E-state index contributed by atoms with van der Waals surface area (Å²) in [6.07, 6.45) is 8.57. The third-order valence-corrected chi connectivity index (χ3v) is 8.21. The lowest BCUT2D eigenvalue weighted by Gasteiger charge is -2.18. The van der Waals surface area contributed by atoms with Crippen molar-refractivity contribution in [2.24, 2.45) is 58.6 Å². The van der Waals surface area contributed by atoms with Crippen molar-refractivity contribution < 1.29 is 44.1 Å². The third-order valence-electron chi connectivity index (χ3n) is 8.21. The molecule has 0 aliphatic carbocycles. The van der Waals surface area contributed by atoms with E-state index in [1.54, 1.807) is 0 Å². The van der Waals surface area contributed by atoms with Crippen LogP contribution in [-0.4, -0.2) is 50.9 Å². The first-order valence-corrected chi connectivity index (χ1v) is 16.4. The summed E-state index contributed by atoms with van der Waals surface area (Å²) in [5, 5.41) is 24.7. The molecular weight excluding hydrogens is 582 g/mol. The first-order chi connectivity index (χ1) is 20.8. The van der Waals surface area contributed by atoms with Crippen molar-refractivity contribution in [3.8, 4) is 0 Å². The third kappa shape index (κ3) is 26.9. The van der Waals surface area contributed by atoms with Crippen molar-refractivity contribution in [3.63, 3.8) is 0 Å². The van der Waals surface area contributed by atoms with E-state index in [0.717, 1.165) is 57.8 Å². The van der Waals surface area contributed by atoms with E-state index in [2.05, 4.69) is 41.5 Å². The first kappa shape index (κ1) is 48.7. The lowest BCUT2D eigenvalue weighted by Crippen LogP contribution is -2.27. The Morgan fingerprint density at radius 1 is 0.489 bits per heavy atom. The summed E-state index contributed by atoms with van der Waals surface area (Å²) in [4.78, 5) is 62.7. The Hall–Kier alpha value is -3.18. The largest absolute Gasteiger partial charge is 0.481 e. The summed E-state index contributed by atoms with van der Waals surface area (Å²) in [7, 11) is 0. The van der Waals surface area contributed by atoms with Crippen LogP contribution in [0.25, 0.3) is 0 Å². The standard InChI is InChI=1S/3C9H19NO.C6H8O6/c3*1-4-6-8(5-2)7(3)9(10)11;7-4(8)1-3(6(11)12)2-5(9)10/h3*7-8H,4-6H2,1-3H3,(H2,10,11);3H,1-2H2,(H,7,8)(H,9,10)(H,11,12). The highest BCUT2D eigenvalue weighted by Gasteiger charge is 2.24. The lowest BCUT2D eigenvalue weighted by atomic mass is 9.87. The van der Waals surface area contributed by atoms with Gasteiger partial charge in [0.25, 0.3) is 0 Å². The van der Waals surface area contributed by atoms with Crippen LogP contribution in [0, 0.1) is 41.4 Å². The molecule has 0 aliphatic rings. The highest BCUT2D eigenvalue weighted by atomic mass is 16.4. The Bertz CT molecular complexity index is 764. The van der Waals surface area contributed by atoms with Gasteiger partial charge in [-0.25, -0.2) is 0 Å². The van der Waals surface area contributed by atoms with Crippen LogP contribution in [0.3, 0.4) is 0 Å². The molecule has 0 spiro atoms. The van der Waals surface area contributed by atoms with Gasteiger partial charge >= 0.3 is 17.9 Å². The highest BCUT2D eigenvalue weighted by Crippen LogP contribution is 2.22. The second-order valence-electron chi connectivity index (χ2n) is 11.7. The predicted octanol–water partition coefficient (Wildman–Crippen LogP) is 5.44. The average Bonchev–Trinajstić information content (AvgIpc) is 2.96. The van der Waals surface area contributed by atoms with Gasteiger partial charge < -0.3 is 32.5 Å². The number of nitrogens with two attached hydrogens (primary N) is 3. The topological polar surface area (TPSA) is 241 Å². The zero-order valence-electron chi connectivity index (χ0n) is 29.3. The minimum Gasteiger partial charge on any atom is -0.481 e. The Kier molecular flexibility index (Phi) is 32.0. The summed E-state index contributed by atoms with van der Waals surface area (Å²) in [5.74, 6) is -4.29. The van der Waals surface area contributed by atoms with Gasteiger partial charge in [0.15, 0.2) is 0 Å². The second-order valence-corrected chi connectivity index (χ2v) is 11.7. The van der Waals surface area contributed by atoms with Crippen LogP contribution < -0.4 is 17.2 Å². The zero-order valence-corrected chi connectivity index (χ0v) is 29.3. The molecule has 0 radical (unpaired) electrons. The number of carbonyl (C=O) groups excluding carboxylic acids is 3. The van der Waals surface area contributed by atoms with Crippen LogP contribution in [0.4, 0.5) is 0 Å². The summed E-state index contributed by atoms with van der Waals surface area (Å²) in [6, 6.07) is 0. The molecule has 45 heavy (non-hydrogen) atoms. The second kappa shape index (κ2) is 29.5. The van der Waals surface area contributed by atoms with Crippen LogP contribution in [0.15, 0.2) is 0 Å². The average molecular weight is 648 g/mol. The molecule has 0 aromatic carbocycles. The molecule has 12 nitrogen and oxygen atoms in total. The van der Waals surface area contributed by atoms with Crippen LogP contribution in [0.5, 0.6) is 0 Å². The van der Waals surface area contributed by atoms with Crippen LogP contribution >= 0.6 is 0 Å². The Morgan fingerprint density at radius 3 is 0.822 bits per heavy atom. The molecular formula is C33H65N3O9. The molecule has 0 heterocycles. The van der Waals surface area contributed by atoms with E-state index in [0.29, 0.717) is 17.8 Å². The van der Waals surface area contributed by atoms with Gasteiger partial charge in [0.2, 0.25) is 17.7 Å². The quantitative estimate of drug-likeness (QED) is 0.0984. The van der Waals surface area contributed by atoms with E-state index in [1.165, 1.54) is 0 Å². The number of aliphatic carboxylic acids is 3. The number of hydrogen-bond acceptors (Lipinski definition) is 6. The van der Waals surface area contributed by atoms with Crippen molar-refractivity contribution in [2.45, 2.75) is 133 Å². The maximum atomic E-state index is 10.8. The van der Waals surface area contributed by atoms with Gasteiger partial charge in [-0.05, 0) is 37.0 Å². The van der Waals surface area contributed by atoms with Gasteiger partial charge in [-0.2, -0.15) is 0 Å². The molecule has 6 unspecified atom stereocenters. The minimum absolute atomic E-state index is 0.0416. The molecule has 0 saturated heterocycles. The molecule has 266 valence electrons. The van der Waals surface area contributed by atoms with E-state index in [-0.39, 0.29) is 35.5 Å². The van der Waals surface area contributed by atoms with Gasteiger partial charge in [0.05, 0.1) is 18.8 Å². The van der Waals surface area contributed by atoms with Gasteiger partial charge in [-0.3, -0.25) is 28.8 Å². The van der Waals surface area contributed by atoms with Gasteiger partial charge in [-0.15, -0.1) is 0 Å².